The summed E-state index contributed by atoms with van der Waals surface area (Å²) in [7, 11) is 0. The normalized spacial score (nSPS) is 10.3. The van der Waals surface area contributed by atoms with Crippen molar-refractivity contribution in [2.75, 3.05) is 0 Å². The first-order valence-electron chi connectivity index (χ1n) is 5.60. The zero-order chi connectivity index (χ0) is 14.0. The third-order valence-corrected chi connectivity index (χ3v) is 3.20. The molecule has 1 aromatic heterocycles. The summed E-state index contributed by atoms with van der Waals surface area (Å²) in [5.41, 5.74) is 7.60. The molecule has 19 heavy (non-hydrogen) atoms. The number of amidine groups is 1. The van der Waals surface area contributed by atoms with Gasteiger partial charge in [-0.05, 0) is 37.6 Å². The Morgan fingerprint density at radius 3 is 2.68 bits per heavy atom. The lowest BCUT2D eigenvalue weighted by molar-refractivity contribution is 0.452. The van der Waals surface area contributed by atoms with Crippen molar-refractivity contribution in [2.24, 2.45) is 5.73 Å². The highest BCUT2D eigenvalue weighted by Crippen LogP contribution is 2.27. The average molecular weight is 321 g/mol. The zero-order valence-electron chi connectivity index (χ0n) is 10.6. The Morgan fingerprint density at radius 1 is 1.32 bits per heavy atom. The highest BCUT2D eigenvalue weighted by molar-refractivity contribution is 9.10. The van der Waals surface area contributed by atoms with Crippen LogP contribution in [0.2, 0.25) is 0 Å². The van der Waals surface area contributed by atoms with Gasteiger partial charge in [0, 0.05) is 4.47 Å². The summed E-state index contributed by atoms with van der Waals surface area (Å²) in [5, 5.41) is 15.6. The van der Waals surface area contributed by atoms with Crippen molar-refractivity contribution >= 4 is 21.8 Å². The van der Waals surface area contributed by atoms with E-state index in [4.69, 9.17) is 15.9 Å². The van der Waals surface area contributed by atoms with Crippen LogP contribution in [-0.4, -0.2) is 16.0 Å². The summed E-state index contributed by atoms with van der Waals surface area (Å²) < 4.78 is 6.56. The number of hydrogen-bond acceptors (Lipinski definition) is 4. The van der Waals surface area contributed by atoms with E-state index in [9.17, 15) is 0 Å². The number of benzene rings is 1. The lowest BCUT2D eigenvalue weighted by atomic mass is 10.1. The van der Waals surface area contributed by atoms with Crippen LogP contribution in [0.5, 0.6) is 11.6 Å². The lowest BCUT2D eigenvalue weighted by Gasteiger charge is -2.12. The van der Waals surface area contributed by atoms with Gasteiger partial charge in [-0.3, -0.25) is 5.41 Å². The lowest BCUT2D eigenvalue weighted by Crippen LogP contribution is -2.16. The predicted octanol–water partition coefficient (Wildman–Crippen LogP) is 2.93. The van der Waals surface area contributed by atoms with Crippen molar-refractivity contribution in [2.45, 2.75) is 13.8 Å². The summed E-state index contributed by atoms with van der Waals surface area (Å²) >= 11 is 3.37. The van der Waals surface area contributed by atoms with E-state index in [1.807, 2.05) is 26.0 Å². The summed E-state index contributed by atoms with van der Waals surface area (Å²) in [6, 6.07) is 7.35. The third-order valence-electron chi connectivity index (χ3n) is 2.70. The standard InChI is InChI=1S/C13H13BrN4O/c1-7-8(2)17-18-13(11(7)12(15)16)19-10-5-3-4-9(14)6-10/h3-6H,1-2H3,(H3,15,16). The van der Waals surface area contributed by atoms with Gasteiger partial charge < -0.3 is 10.5 Å². The SMILES string of the molecule is Cc1nnc(Oc2cccc(Br)c2)c(C(=N)N)c1C. The van der Waals surface area contributed by atoms with Crippen LogP contribution in [0.4, 0.5) is 0 Å². The molecule has 0 radical (unpaired) electrons. The minimum absolute atomic E-state index is 0.0829. The number of nitrogens with one attached hydrogen (secondary N) is 1. The van der Waals surface area contributed by atoms with Crippen LogP contribution in [0, 0.1) is 19.3 Å². The molecule has 1 aromatic carbocycles. The number of aromatic nitrogens is 2. The fraction of sp³-hybridized carbons (Fsp3) is 0.154. The van der Waals surface area contributed by atoms with Gasteiger partial charge >= 0.3 is 0 Å². The second-order valence-corrected chi connectivity index (χ2v) is 4.98. The van der Waals surface area contributed by atoms with Crippen molar-refractivity contribution < 1.29 is 4.74 Å². The molecule has 0 amide bonds. The van der Waals surface area contributed by atoms with Crippen molar-refractivity contribution in [3.8, 4) is 11.6 Å². The fourth-order valence-electron chi connectivity index (χ4n) is 1.62. The number of ether oxygens (including phenoxy) is 1. The van der Waals surface area contributed by atoms with Crippen LogP contribution in [0.25, 0.3) is 0 Å². The smallest absolute Gasteiger partial charge is 0.250 e. The first kappa shape index (κ1) is 13.5. The molecule has 0 aliphatic heterocycles. The third kappa shape index (κ3) is 2.90. The molecular formula is C13H13BrN4O. The van der Waals surface area contributed by atoms with Gasteiger partial charge in [0.1, 0.15) is 11.6 Å². The van der Waals surface area contributed by atoms with Gasteiger partial charge in [-0.2, -0.15) is 5.10 Å². The molecule has 0 saturated heterocycles. The van der Waals surface area contributed by atoms with Crippen molar-refractivity contribution in [3.63, 3.8) is 0 Å². The maximum absolute atomic E-state index is 7.64. The molecule has 2 rings (SSSR count). The molecule has 0 saturated carbocycles. The van der Waals surface area contributed by atoms with Crippen molar-refractivity contribution in [3.05, 3.63) is 45.6 Å². The van der Waals surface area contributed by atoms with Crippen LogP contribution in [0.1, 0.15) is 16.8 Å². The minimum Gasteiger partial charge on any atom is -0.437 e. The molecule has 0 bridgehead atoms. The Labute approximate surface area is 119 Å². The van der Waals surface area contributed by atoms with Gasteiger partial charge in [-0.25, -0.2) is 0 Å². The fourth-order valence-corrected chi connectivity index (χ4v) is 2.00. The molecule has 6 heteroatoms. The highest BCUT2D eigenvalue weighted by atomic mass is 79.9. The summed E-state index contributed by atoms with van der Waals surface area (Å²) in [5.74, 6) is 0.767. The van der Waals surface area contributed by atoms with Gasteiger partial charge in [-0.15, -0.1) is 5.10 Å². The Bertz CT molecular complexity index is 643. The largest absolute Gasteiger partial charge is 0.437 e. The second kappa shape index (κ2) is 5.36. The minimum atomic E-state index is -0.0829. The number of rotatable bonds is 3. The molecule has 98 valence electrons. The highest BCUT2D eigenvalue weighted by Gasteiger charge is 2.15. The summed E-state index contributed by atoms with van der Waals surface area (Å²) in [6.07, 6.45) is 0. The predicted molar refractivity (Wildman–Crippen MR) is 76.7 cm³/mol. The molecule has 1 heterocycles. The molecular weight excluding hydrogens is 308 g/mol. The molecule has 5 nitrogen and oxygen atoms in total. The Hall–Kier alpha value is -1.95. The first-order valence-corrected chi connectivity index (χ1v) is 6.40. The molecule has 0 spiro atoms. The van der Waals surface area contributed by atoms with E-state index in [1.54, 1.807) is 12.1 Å². The van der Waals surface area contributed by atoms with Crippen LogP contribution in [-0.2, 0) is 0 Å². The quantitative estimate of drug-likeness (QED) is 0.672. The number of nitrogens with zero attached hydrogens (tertiary/aromatic N) is 2. The van der Waals surface area contributed by atoms with E-state index in [0.717, 1.165) is 15.7 Å². The van der Waals surface area contributed by atoms with Gasteiger partial charge in [-0.1, -0.05) is 22.0 Å². The van der Waals surface area contributed by atoms with Crippen LogP contribution < -0.4 is 10.5 Å². The zero-order valence-corrected chi connectivity index (χ0v) is 12.2. The van der Waals surface area contributed by atoms with E-state index < -0.39 is 0 Å². The number of nitrogen functional groups attached to an aromatic ring is 1. The van der Waals surface area contributed by atoms with Crippen molar-refractivity contribution in [1.82, 2.24) is 10.2 Å². The second-order valence-electron chi connectivity index (χ2n) is 4.06. The number of hydrogen-bond donors (Lipinski definition) is 2. The van der Waals surface area contributed by atoms with Gasteiger partial charge in [0.15, 0.2) is 0 Å². The average Bonchev–Trinajstić information content (AvgIpc) is 2.33. The van der Waals surface area contributed by atoms with E-state index in [2.05, 4.69) is 26.1 Å². The van der Waals surface area contributed by atoms with Crippen molar-refractivity contribution in [1.29, 1.82) is 5.41 Å². The Morgan fingerprint density at radius 2 is 2.05 bits per heavy atom. The van der Waals surface area contributed by atoms with E-state index in [0.29, 0.717) is 11.3 Å². The number of aryl methyl sites for hydroxylation is 1. The topological polar surface area (TPSA) is 84.9 Å². The summed E-state index contributed by atoms with van der Waals surface area (Å²) in [4.78, 5) is 0. The molecule has 0 fully saturated rings. The molecule has 0 unspecified atom stereocenters. The van der Waals surface area contributed by atoms with Gasteiger partial charge in [0.25, 0.3) is 0 Å². The van der Waals surface area contributed by atoms with E-state index in [1.165, 1.54) is 0 Å². The number of nitrogens with two attached hydrogens (primary N) is 1. The van der Waals surface area contributed by atoms with Crippen LogP contribution in [0.15, 0.2) is 28.7 Å². The van der Waals surface area contributed by atoms with Gasteiger partial charge in [0.05, 0.1) is 11.3 Å². The maximum atomic E-state index is 7.64. The van der Waals surface area contributed by atoms with Gasteiger partial charge in [0.2, 0.25) is 5.88 Å². The van der Waals surface area contributed by atoms with E-state index in [-0.39, 0.29) is 11.7 Å². The molecule has 2 aromatic rings. The number of halogens is 1. The summed E-state index contributed by atoms with van der Waals surface area (Å²) in [6.45, 7) is 3.66. The van der Waals surface area contributed by atoms with Crippen LogP contribution in [0.3, 0.4) is 0 Å². The van der Waals surface area contributed by atoms with E-state index >= 15 is 0 Å². The van der Waals surface area contributed by atoms with Crippen LogP contribution >= 0.6 is 15.9 Å². The maximum Gasteiger partial charge on any atom is 0.250 e. The molecule has 3 N–H and O–H groups in total. The molecule has 0 atom stereocenters. The molecule has 0 aliphatic rings. The molecule has 0 aliphatic carbocycles. The Balaban J connectivity index is 2.46. The monoisotopic (exact) mass is 320 g/mol. The Kier molecular flexibility index (Phi) is 3.80. The first-order chi connectivity index (χ1) is 8.99.